The first kappa shape index (κ1) is 16.8. The van der Waals surface area contributed by atoms with Crippen LogP contribution in [0.3, 0.4) is 0 Å². The van der Waals surface area contributed by atoms with E-state index in [1.807, 2.05) is 31.2 Å². The molecule has 6 nitrogen and oxygen atoms in total. The van der Waals surface area contributed by atoms with E-state index in [2.05, 4.69) is 34.7 Å². The van der Waals surface area contributed by atoms with E-state index in [-0.39, 0.29) is 11.8 Å². The molecule has 2 aromatic heterocycles. The highest BCUT2D eigenvalue weighted by Crippen LogP contribution is 2.26. The van der Waals surface area contributed by atoms with Crippen LogP contribution in [0.2, 0.25) is 0 Å². The lowest BCUT2D eigenvalue weighted by atomic mass is 9.95. The zero-order chi connectivity index (χ0) is 17.8. The Morgan fingerprint density at radius 3 is 2.60 bits per heavy atom. The number of aryl methyl sites for hydroxylation is 1. The van der Waals surface area contributed by atoms with Crippen LogP contribution in [0, 0.1) is 0 Å². The van der Waals surface area contributed by atoms with Crippen molar-refractivity contribution in [2.24, 2.45) is 7.05 Å². The van der Waals surface area contributed by atoms with Gasteiger partial charge in [0.05, 0.1) is 11.9 Å². The number of nitrogens with zero attached hydrogens (tertiary/aromatic N) is 4. The summed E-state index contributed by atoms with van der Waals surface area (Å²) in [7, 11) is 1.80. The average molecular weight is 335 g/mol. The van der Waals surface area contributed by atoms with Gasteiger partial charge >= 0.3 is 0 Å². The van der Waals surface area contributed by atoms with Gasteiger partial charge in [0, 0.05) is 30.8 Å². The van der Waals surface area contributed by atoms with Crippen molar-refractivity contribution in [3.8, 4) is 11.4 Å². The Kier molecular flexibility index (Phi) is 4.88. The van der Waals surface area contributed by atoms with Crippen molar-refractivity contribution in [1.82, 2.24) is 25.3 Å². The van der Waals surface area contributed by atoms with Crippen LogP contribution in [0.1, 0.15) is 41.4 Å². The Labute approximate surface area is 146 Å². The van der Waals surface area contributed by atoms with Gasteiger partial charge < -0.3 is 5.32 Å². The number of nitrogens with one attached hydrogen (secondary N) is 1. The zero-order valence-corrected chi connectivity index (χ0v) is 14.6. The molecular formula is C19H21N5O. The third kappa shape index (κ3) is 3.74. The number of hydrogen-bond donors (Lipinski definition) is 1. The predicted octanol–water partition coefficient (Wildman–Crippen LogP) is 2.78. The molecule has 1 N–H and O–H groups in total. The van der Waals surface area contributed by atoms with Gasteiger partial charge in [-0.05, 0) is 24.6 Å². The van der Waals surface area contributed by atoms with Crippen LogP contribution >= 0.6 is 0 Å². The van der Waals surface area contributed by atoms with Crippen LogP contribution in [0.5, 0.6) is 0 Å². The Bertz CT molecular complexity index is 873. The van der Waals surface area contributed by atoms with Gasteiger partial charge in [-0.3, -0.25) is 14.5 Å². The summed E-state index contributed by atoms with van der Waals surface area (Å²) in [6, 6.07) is 13.7. The standard InChI is InChI=1S/C19H21N5O/c1-4-20-19(25)15-10-16(13(2)14-8-6-5-7-9-14)21-17(11-15)18-12-24(3)23-22-18/h5-13H,4H2,1-3H3,(H,20,25)/t13-/m0/s1. The van der Waals surface area contributed by atoms with Crippen LogP contribution in [-0.4, -0.2) is 32.4 Å². The van der Waals surface area contributed by atoms with E-state index in [0.717, 1.165) is 11.3 Å². The fourth-order valence-electron chi connectivity index (χ4n) is 2.68. The molecule has 0 spiro atoms. The second kappa shape index (κ2) is 7.25. The average Bonchev–Trinajstić information content (AvgIpc) is 3.08. The smallest absolute Gasteiger partial charge is 0.251 e. The Hall–Kier alpha value is -3.02. The topological polar surface area (TPSA) is 72.7 Å². The summed E-state index contributed by atoms with van der Waals surface area (Å²) < 4.78 is 1.62. The fourth-order valence-corrected chi connectivity index (χ4v) is 2.68. The lowest BCUT2D eigenvalue weighted by Gasteiger charge is -2.14. The number of rotatable bonds is 5. The van der Waals surface area contributed by atoms with E-state index in [0.29, 0.717) is 23.5 Å². The molecule has 3 rings (SSSR count). The third-order valence-electron chi connectivity index (χ3n) is 4.05. The highest BCUT2D eigenvalue weighted by atomic mass is 16.1. The molecule has 1 aromatic carbocycles. The number of carbonyl (C=O) groups excluding carboxylic acids is 1. The number of benzene rings is 1. The van der Waals surface area contributed by atoms with E-state index in [1.165, 1.54) is 0 Å². The molecular weight excluding hydrogens is 314 g/mol. The van der Waals surface area contributed by atoms with Crippen LogP contribution < -0.4 is 5.32 Å². The van der Waals surface area contributed by atoms with Gasteiger partial charge in [0.1, 0.15) is 5.69 Å². The number of hydrogen-bond acceptors (Lipinski definition) is 4. The van der Waals surface area contributed by atoms with Crippen LogP contribution in [0.25, 0.3) is 11.4 Å². The van der Waals surface area contributed by atoms with Gasteiger partial charge in [-0.25, -0.2) is 0 Å². The molecule has 1 atom stereocenters. The van der Waals surface area contributed by atoms with Crippen molar-refractivity contribution in [2.75, 3.05) is 6.54 Å². The lowest BCUT2D eigenvalue weighted by molar-refractivity contribution is 0.0955. The summed E-state index contributed by atoms with van der Waals surface area (Å²) in [5.74, 6) is -0.0532. The summed E-state index contributed by atoms with van der Waals surface area (Å²) in [5.41, 5.74) is 3.85. The minimum Gasteiger partial charge on any atom is -0.352 e. The normalized spacial score (nSPS) is 12.0. The van der Waals surface area contributed by atoms with Crippen LogP contribution in [0.4, 0.5) is 0 Å². The molecule has 0 saturated heterocycles. The molecule has 0 unspecified atom stereocenters. The van der Waals surface area contributed by atoms with Gasteiger partial charge in [0.2, 0.25) is 0 Å². The summed E-state index contributed by atoms with van der Waals surface area (Å²) in [5, 5.41) is 10.9. The largest absolute Gasteiger partial charge is 0.352 e. The summed E-state index contributed by atoms with van der Waals surface area (Å²) >= 11 is 0. The summed E-state index contributed by atoms with van der Waals surface area (Å²) in [6.45, 7) is 4.56. The molecule has 0 radical (unpaired) electrons. The Morgan fingerprint density at radius 2 is 1.96 bits per heavy atom. The van der Waals surface area contributed by atoms with E-state index in [9.17, 15) is 4.79 Å². The maximum atomic E-state index is 12.4. The van der Waals surface area contributed by atoms with E-state index < -0.39 is 0 Å². The number of pyridine rings is 1. The molecule has 6 heteroatoms. The first-order chi connectivity index (χ1) is 12.1. The SMILES string of the molecule is CCNC(=O)c1cc(-c2cn(C)nn2)nc([C@@H](C)c2ccccc2)c1. The minimum absolute atomic E-state index is 0.0611. The van der Waals surface area contributed by atoms with Crippen LogP contribution in [-0.2, 0) is 7.05 Å². The first-order valence-electron chi connectivity index (χ1n) is 8.30. The molecule has 128 valence electrons. The quantitative estimate of drug-likeness (QED) is 0.778. The molecule has 0 aliphatic heterocycles. The molecule has 2 heterocycles. The van der Waals surface area contributed by atoms with Gasteiger partial charge in [-0.2, -0.15) is 0 Å². The highest BCUT2D eigenvalue weighted by Gasteiger charge is 2.17. The molecule has 0 fully saturated rings. The number of carbonyl (C=O) groups is 1. The fraction of sp³-hybridized carbons (Fsp3) is 0.263. The van der Waals surface area contributed by atoms with Crippen molar-refractivity contribution < 1.29 is 4.79 Å². The molecule has 0 aliphatic carbocycles. The number of amides is 1. The second-order valence-electron chi connectivity index (χ2n) is 5.94. The molecule has 3 aromatic rings. The minimum atomic E-state index is -0.114. The lowest BCUT2D eigenvalue weighted by Crippen LogP contribution is -2.23. The van der Waals surface area contributed by atoms with Crippen molar-refractivity contribution in [3.63, 3.8) is 0 Å². The highest BCUT2D eigenvalue weighted by molar-refractivity contribution is 5.95. The molecule has 0 saturated carbocycles. The van der Waals surface area contributed by atoms with Crippen LogP contribution in [0.15, 0.2) is 48.7 Å². The van der Waals surface area contributed by atoms with Crippen molar-refractivity contribution in [2.45, 2.75) is 19.8 Å². The van der Waals surface area contributed by atoms with Gasteiger partial charge in [0.15, 0.2) is 0 Å². The van der Waals surface area contributed by atoms with Gasteiger partial charge in [0.25, 0.3) is 5.91 Å². The molecule has 0 aliphatic rings. The van der Waals surface area contributed by atoms with E-state index >= 15 is 0 Å². The maximum absolute atomic E-state index is 12.4. The number of aromatic nitrogens is 4. The molecule has 1 amide bonds. The van der Waals surface area contributed by atoms with E-state index in [4.69, 9.17) is 4.98 Å². The Balaban J connectivity index is 2.07. The molecule has 25 heavy (non-hydrogen) atoms. The van der Waals surface area contributed by atoms with Crippen molar-refractivity contribution >= 4 is 5.91 Å². The predicted molar refractivity (Wildman–Crippen MR) is 96.2 cm³/mol. The summed E-state index contributed by atoms with van der Waals surface area (Å²) in [4.78, 5) is 17.1. The van der Waals surface area contributed by atoms with Crippen molar-refractivity contribution in [3.05, 3.63) is 65.5 Å². The van der Waals surface area contributed by atoms with Crippen molar-refractivity contribution in [1.29, 1.82) is 0 Å². The zero-order valence-electron chi connectivity index (χ0n) is 14.6. The first-order valence-corrected chi connectivity index (χ1v) is 8.30. The second-order valence-corrected chi connectivity index (χ2v) is 5.94. The Morgan fingerprint density at radius 1 is 1.20 bits per heavy atom. The molecule has 0 bridgehead atoms. The monoisotopic (exact) mass is 335 g/mol. The maximum Gasteiger partial charge on any atom is 0.251 e. The van der Waals surface area contributed by atoms with Gasteiger partial charge in [-0.15, -0.1) is 5.10 Å². The van der Waals surface area contributed by atoms with Gasteiger partial charge in [-0.1, -0.05) is 42.5 Å². The van der Waals surface area contributed by atoms with E-state index in [1.54, 1.807) is 24.0 Å². The third-order valence-corrected chi connectivity index (χ3v) is 4.05. The summed E-state index contributed by atoms with van der Waals surface area (Å²) in [6.07, 6.45) is 1.79.